The smallest absolute Gasteiger partial charge is 0.306 e. The van der Waals surface area contributed by atoms with E-state index in [0.29, 0.717) is 22.9 Å². The summed E-state index contributed by atoms with van der Waals surface area (Å²) in [6.07, 6.45) is 1.20. The van der Waals surface area contributed by atoms with Crippen LogP contribution in [0.25, 0.3) is 0 Å². The number of hydrogen-bond donors (Lipinski definition) is 1. The van der Waals surface area contributed by atoms with Crippen molar-refractivity contribution in [3.05, 3.63) is 33.8 Å². The second-order valence-electron chi connectivity index (χ2n) is 3.51. The number of carbonyl (C=O) groups is 1. The first-order valence-electron chi connectivity index (χ1n) is 4.67. The van der Waals surface area contributed by atoms with Crippen LogP contribution in [0.4, 0.5) is 0 Å². The van der Waals surface area contributed by atoms with Gasteiger partial charge in [-0.3, -0.25) is 4.79 Å². The van der Waals surface area contributed by atoms with Gasteiger partial charge in [-0.25, -0.2) is 0 Å². The number of halogens is 2. The quantitative estimate of drug-likeness (QED) is 0.881. The van der Waals surface area contributed by atoms with Gasteiger partial charge in [-0.15, -0.1) is 0 Å². The molecule has 1 aromatic rings. The van der Waals surface area contributed by atoms with Gasteiger partial charge in [-0.1, -0.05) is 30.1 Å². The van der Waals surface area contributed by atoms with E-state index in [1.807, 2.05) is 0 Å². The summed E-state index contributed by atoms with van der Waals surface area (Å²) < 4.78 is 0. The van der Waals surface area contributed by atoms with Gasteiger partial charge in [0.05, 0.1) is 5.92 Å². The molecule has 15 heavy (non-hydrogen) atoms. The molecule has 0 radical (unpaired) electrons. The Bertz CT molecular complexity index is 364. The molecule has 1 N–H and O–H groups in total. The van der Waals surface area contributed by atoms with Gasteiger partial charge in [-0.2, -0.15) is 0 Å². The summed E-state index contributed by atoms with van der Waals surface area (Å²) >= 11 is 11.8. The second-order valence-corrected chi connectivity index (χ2v) is 4.36. The first-order valence-corrected chi connectivity index (χ1v) is 5.43. The van der Waals surface area contributed by atoms with Crippen molar-refractivity contribution >= 4 is 29.2 Å². The minimum Gasteiger partial charge on any atom is -0.481 e. The zero-order valence-corrected chi connectivity index (χ0v) is 9.85. The Morgan fingerprint density at radius 2 is 2.13 bits per heavy atom. The number of aliphatic carboxylic acids is 1. The van der Waals surface area contributed by atoms with Crippen LogP contribution in [0.15, 0.2) is 18.2 Å². The van der Waals surface area contributed by atoms with Gasteiger partial charge >= 0.3 is 5.97 Å². The van der Waals surface area contributed by atoms with E-state index in [-0.39, 0.29) is 5.92 Å². The molecule has 0 saturated heterocycles. The second kappa shape index (κ2) is 5.38. The maximum Gasteiger partial charge on any atom is 0.306 e. The molecule has 1 aromatic carbocycles. The molecular formula is C11H12Cl2O2. The summed E-state index contributed by atoms with van der Waals surface area (Å²) in [5.74, 6) is -1.15. The van der Waals surface area contributed by atoms with E-state index in [4.69, 9.17) is 28.3 Å². The molecule has 1 unspecified atom stereocenters. The van der Waals surface area contributed by atoms with Crippen molar-refractivity contribution in [1.29, 1.82) is 0 Å². The van der Waals surface area contributed by atoms with Crippen LogP contribution in [0.1, 0.15) is 18.9 Å². The van der Waals surface area contributed by atoms with Crippen molar-refractivity contribution in [3.8, 4) is 0 Å². The highest BCUT2D eigenvalue weighted by molar-refractivity contribution is 6.33. The minimum atomic E-state index is -0.784. The third kappa shape index (κ3) is 3.73. The minimum absolute atomic E-state index is 0.361. The third-order valence-corrected chi connectivity index (χ3v) is 2.88. The van der Waals surface area contributed by atoms with Crippen LogP contribution in [0.3, 0.4) is 0 Å². The largest absolute Gasteiger partial charge is 0.481 e. The zero-order valence-electron chi connectivity index (χ0n) is 8.34. The monoisotopic (exact) mass is 246 g/mol. The van der Waals surface area contributed by atoms with E-state index in [2.05, 4.69) is 0 Å². The summed E-state index contributed by atoms with van der Waals surface area (Å²) in [7, 11) is 0. The number of carboxylic acid groups (broad SMARTS) is 1. The molecule has 0 aliphatic rings. The summed E-state index contributed by atoms with van der Waals surface area (Å²) in [6, 6.07) is 5.22. The Morgan fingerprint density at radius 3 is 2.73 bits per heavy atom. The molecule has 1 atom stereocenters. The van der Waals surface area contributed by atoms with E-state index in [9.17, 15) is 4.79 Å². The van der Waals surface area contributed by atoms with Gasteiger partial charge in [0.1, 0.15) is 0 Å². The molecule has 82 valence electrons. The average Bonchev–Trinajstić information content (AvgIpc) is 2.18. The van der Waals surface area contributed by atoms with Crippen molar-refractivity contribution in [2.24, 2.45) is 5.92 Å². The molecule has 4 heteroatoms. The van der Waals surface area contributed by atoms with E-state index in [1.54, 1.807) is 25.1 Å². The molecule has 0 fully saturated rings. The van der Waals surface area contributed by atoms with Crippen LogP contribution in [-0.2, 0) is 11.2 Å². The number of benzene rings is 1. The molecular weight excluding hydrogens is 235 g/mol. The van der Waals surface area contributed by atoms with Gasteiger partial charge in [-0.05, 0) is 36.6 Å². The first-order chi connectivity index (χ1) is 7.00. The number of carboxylic acids is 1. The standard InChI is InChI=1S/C11H12Cl2O2/c1-7(11(14)15)2-3-8-6-9(12)4-5-10(8)13/h4-7H,2-3H2,1H3,(H,14,15). The zero-order chi connectivity index (χ0) is 11.4. The molecule has 0 aliphatic heterocycles. The highest BCUT2D eigenvalue weighted by atomic mass is 35.5. The van der Waals surface area contributed by atoms with Gasteiger partial charge < -0.3 is 5.11 Å². The lowest BCUT2D eigenvalue weighted by Crippen LogP contribution is -2.10. The maximum absolute atomic E-state index is 10.6. The van der Waals surface area contributed by atoms with E-state index in [1.165, 1.54) is 0 Å². The lowest BCUT2D eigenvalue weighted by Gasteiger charge is -2.07. The van der Waals surface area contributed by atoms with Gasteiger partial charge in [0, 0.05) is 10.0 Å². The van der Waals surface area contributed by atoms with Crippen LogP contribution in [-0.4, -0.2) is 11.1 Å². The predicted octanol–water partition coefficient (Wildman–Crippen LogP) is 3.65. The molecule has 2 nitrogen and oxygen atoms in total. The van der Waals surface area contributed by atoms with Crippen LogP contribution >= 0.6 is 23.2 Å². The summed E-state index contributed by atoms with van der Waals surface area (Å²) in [5, 5.41) is 9.98. The fourth-order valence-electron chi connectivity index (χ4n) is 1.23. The Morgan fingerprint density at radius 1 is 1.47 bits per heavy atom. The lowest BCUT2D eigenvalue weighted by atomic mass is 10.0. The Kier molecular flexibility index (Phi) is 4.43. The summed E-state index contributed by atoms with van der Waals surface area (Å²) in [4.78, 5) is 10.6. The van der Waals surface area contributed by atoms with Crippen molar-refractivity contribution < 1.29 is 9.90 Å². The van der Waals surface area contributed by atoms with Gasteiger partial charge in [0.25, 0.3) is 0 Å². The van der Waals surface area contributed by atoms with E-state index >= 15 is 0 Å². The molecule has 0 aliphatic carbocycles. The number of aryl methyl sites for hydroxylation is 1. The number of rotatable bonds is 4. The Balaban J connectivity index is 2.65. The van der Waals surface area contributed by atoms with Crippen molar-refractivity contribution in [2.45, 2.75) is 19.8 Å². The summed E-state index contributed by atoms with van der Waals surface area (Å²) in [5.41, 5.74) is 0.900. The lowest BCUT2D eigenvalue weighted by molar-refractivity contribution is -0.141. The van der Waals surface area contributed by atoms with Crippen molar-refractivity contribution in [3.63, 3.8) is 0 Å². The van der Waals surface area contributed by atoms with Crippen molar-refractivity contribution in [1.82, 2.24) is 0 Å². The Labute approximate surface area is 98.8 Å². The van der Waals surface area contributed by atoms with Crippen LogP contribution in [0, 0.1) is 5.92 Å². The average molecular weight is 247 g/mol. The highest BCUT2D eigenvalue weighted by Gasteiger charge is 2.11. The van der Waals surface area contributed by atoms with Crippen LogP contribution in [0.2, 0.25) is 10.0 Å². The molecule has 0 heterocycles. The van der Waals surface area contributed by atoms with Gasteiger partial charge in [0.2, 0.25) is 0 Å². The predicted molar refractivity (Wildman–Crippen MR) is 61.6 cm³/mol. The third-order valence-electron chi connectivity index (χ3n) is 2.28. The summed E-state index contributed by atoms with van der Waals surface area (Å²) in [6.45, 7) is 1.68. The topological polar surface area (TPSA) is 37.3 Å². The first kappa shape index (κ1) is 12.3. The molecule has 0 saturated carbocycles. The Hall–Kier alpha value is -0.730. The van der Waals surface area contributed by atoms with Gasteiger partial charge in [0.15, 0.2) is 0 Å². The molecule has 0 bridgehead atoms. The van der Waals surface area contributed by atoms with Crippen molar-refractivity contribution in [2.75, 3.05) is 0 Å². The SMILES string of the molecule is CC(CCc1cc(Cl)ccc1Cl)C(=O)O. The fourth-order valence-corrected chi connectivity index (χ4v) is 1.64. The van der Waals surface area contributed by atoms with E-state index in [0.717, 1.165) is 5.56 Å². The molecule has 0 spiro atoms. The molecule has 1 rings (SSSR count). The molecule has 0 amide bonds. The van der Waals surface area contributed by atoms with E-state index < -0.39 is 5.97 Å². The highest BCUT2D eigenvalue weighted by Crippen LogP contribution is 2.23. The maximum atomic E-state index is 10.6. The number of hydrogen-bond acceptors (Lipinski definition) is 1. The fraction of sp³-hybridized carbons (Fsp3) is 0.364. The normalized spacial score (nSPS) is 12.5. The molecule has 0 aromatic heterocycles. The van der Waals surface area contributed by atoms with Crippen LogP contribution < -0.4 is 0 Å². The van der Waals surface area contributed by atoms with Crippen LogP contribution in [0.5, 0.6) is 0 Å².